The molecule has 0 unspecified atom stereocenters. The van der Waals surface area contributed by atoms with E-state index < -0.39 is 11.4 Å². The van der Waals surface area contributed by atoms with Crippen LogP contribution in [-0.4, -0.2) is 61.5 Å². The summed E-state index contributed by atoms with van der Waals surface area (Å²) in [7, 11) is 1.71. The maximum Gasteiger partial charge on any atom is 0.343 e. The van der Waals surface area contributed by atoms with Crippen LogP contribution in [0, 0.1) is 0 Å². The fourth-order valence-corrected chi connectivity index (χ4v) is 6.47. The Bertz CT molecular complexity index is 1640. The van der Waals surface area contributed by atoms with Crippen molar-refractivity contribution >= 4 is 44.7 Å². The summed E-state index contributed by atoms with van der Waals surface area (Å²) >= 11 is 3.76. The van der Waals surface area contributed by atoms with Crippen molar-refractivity contribution in [3.8, 4) is 16.9 Å². The van der Waals surface area contributed by atoms with Gasteiger partial charge < -0.3 is 28.3 Å². The number of ether oxygens (including phenoxy) is 2. The number of aromatic nitrogens is 2. The van der Waals surface area contributed by atoms with Crippen molar-refractivity contribution in [3.63, 3.8) is 0 Å². The molecule has 214 valence electrons. The third-order valence-electron chi connectivity index (χ3n) is 7.86. The lowest BCUT2D eigenvalue weighted by molar-refractivity contribution is 0.0524. The summed E-state index contributed by atoms with van der Waals surface area (Å²) in [5.41, 5.74) is 4.28. The maximum atomic E-state index is 13.1. The maximum absolute atomic E-state index is 13.1. The molecule has 4 heterocycles. The second-order valence-corrected chi connectivity index (χ2v) is 11.3. The second-order valence-electron chi connectivity index (χ2n) is 10.5. The Labute approximate surface area is 246 Å². The first kappa shape index (κ1) is 27.5. The zero-order chi connectivity index (χ0) is 28.5. The molecule has 2 aliphatic rings. The lowest BCUT2D eigenvalue weighted by Crippen LogP contribution is -2.32. The molecule has 2 fully saturated rings. The predicted molar refractivity (Wildman–Crippen MR) is 162 cm³/mol. The van der Waals surface area contributed by atoms with Crippen LogP contribution in [0.5, 0.6) is 0 Å². The van der Waals surface area contributed by atoms with Gasteiger partial charge in [-0.3, -0.25) is 4.79 Å². The van der Waals surface area contributed by atoms with E-state index in [4.69, 9.17) is 18.9 Å². The molecule has 2 aromatic heterocycles. The van der Waals surface area contributed by atoms with E-state index in [9.17, 15) is 9.59 Å². The Hall–Kier alpha value is -3.63. The number of carbonyl (C=O) groups excluding carboxylic acids is 1. The molecular weight excluding hydrogens is 588 g/mol. The monoisotopic (exact) mass is 620 g/mol. The highest BCUT2D eigenvalue weighted by atomic mass is 79.9. The first-order chi connectivity index (χ1) is 20.0. The summed E-state index contributed by atoms with van der Waals surface area (Å²) in [6.45, 7) is 5.44. The summed E-state index contributed by atoms with van der Waals surface area (Å²) in [5, 5.41) is 0. The van der Waals surface area contributed by atoms with Crippen molar-refractivity contribution in [2.75, 3.05) is 49.8 Å². The molecular formula is C31H33BrN4O5. The molecule has 0 N–H and O–H groups in total. The minimum absolute atomic E-state index is 0.0267. The largest absolute Gasteiger partial charge is 0.462 e. The van der Waals surface area contributed by atoms with Gasteiger partial charge in [-0.25, -0.2) is 4.79 Å². The summed E-state index contributed by atoms with van der Waals surface area (Å²) in [5.74, 6) is -0.649. The normalized spacial score (nSPS) is 17.1. The molecule has 0 spiro atoms. The van der Waals surface area contributed by atoms with E-state index in [1.807, 2.05) is 34.9 Å². The van der Waals surface area contributed by atoms with E-state index in [1.165, 1.54) is 18.9 Å². The third-order valence-corrected chi connectivity index (χ3v) is 8.49. The van der Waals surface area contributed by atoms with Gasteiger partial charge in [-0.1, -0.05) is 6.07 Å². The molecule has 1 atom stereocenters. The van der Waals surface area contributed by atoms with E-state index in [2.05, 4.69) is 31.8 Å². The Balaban J connectivity index is 1.44. The minimum Gasteiger partial charge on any atom is -0.462 e. The number of oxazole rings is 1. The summed E-state index contributed by atoms with van der Waals surface area (Å²) in [6, 6.07) is 14.1. The van der Waals surface area contributed by atoms with Crippen LogP contribution in [0.25, 0.3) is 28.0 Å². The van der Waals surface area contributed by atoms with E-state index >= 15 is 0 Å². The molecule has 6 rings (SSSR count). The molecule has 0 amide bonds. The van der Waals surface area contributed by atoms with Gasteiger partial charge in [0, 0.05) is 55.2 Å². The van der Waals surface area contributed by atoms with Crippen LogP contribution >= 0.6 is 15.9 Å². The number of pyridine rings is 1. The van der Waals surface area contributed by atoms with Crippen LogP contribution < -0.4 is 15.2 Å². The Morgan fingerprint density at radius 2 is 1.93 bits per heavy atom. The van der Waals surface area contributed by atoms with Gasteiger partial charge in [0.15, 0.2) is 11.0 Å². The number of anilines is 2. The number of nitrogens with zero attached hydrogens (tertiary/aromatic N) is 4. The highest BCUT2D eigenvalue weighted by Gasteiger charge is 2.28. The van der Waals surface area contributed by atoms with E-state index in [1.54, 1.807) is 20.2 Å². The molecule has 0 saturated carbocycles. The second kappa shape index (κ2) is 11.7. The van der Waals surface area contributed by atoms with Gasteiger partial charge in [-0.2, -0.15) is 4.98 Å². The SMILES string of the molecule is CCOC(=O)c1cn(-c2ccc3nc(N4CCC[C@@H]4COC)oc3c2)c(-c2ccc(N3CCCC3)c(Br)c2)cc1=O. The Morgan fingerprint density at radius 1 is 1.10 bits per heavy atom. The van der Waals surface area contributed by atoms with Crippen LogP contribution in [0.1, 0.15) is 43.0 Å². The molecule has 2 aliphatic heterocycles. The molecule has 2 aromatic carbocycles. The standard InChI is InChI=1S/C31H33BrN4O5/c1-3-40-30(38)23-18-36(27(17-28(23)37)20-8-11-26(24(32)15-20)34-12-4-5-13-34)21-9-10-25-29(16-21)41-31(33-25)35-14-6-7-22(35)19-39-2/h8-11,15-18,22H,3-7,12-14,19H2,1-2H3/t22-/m1/s1. The van der Waals surface area contributed by atoms with Crippen molar-refractivity contribution in [1.82, 2.24) is 9.55 Å². The van der Waals surface area contributed by atoms with Crippen molar-refractivity contribution in [2.24, 2.45) is 0 Å². The topological polar surface area (TPSA) is 90.0 Å². The van der Waals surface area contributed by atoms with Gasteiger partial charge in [0.1, 0.15) is 11.1 Å². The smallest absolute Gasteiger partial charge is 0.343 e. The molecule has 4 aromatic rings. The molecule has 10 heteroatoms. The average molecular weight is 622 g/mol. The Kier molecular flexibility index (Phi) is 7.86. The van der Waals surface area contributed by atoms with Gasteiger partial charge in [-0.15, -0.1) is 0 Å². The van der Waals surface area contributed by atoms with E-state index in [-0.39, 0.29) is 18.2 Å². The highest BCUT2D eigenvalue weighted by Crippen LogP contribution is 2.35. The van der Waals surface area contributed by atoms with Crippen LogP contribution in [0.3, 0.4) is 0 Å². The number of methoxy groups -OCH3 is 1. The minimum atomic E-state index is -0.649. The van der Waals surface area contributed by atoms with Gasteiger partial charge in [0.25, 0.3) is 6.01 Å². The molecule has 0 radical (unpaired) electrons. The van der Waals surface area contributed by atoms with E-state index in [0.29, 0.717) is 23.9 Å². The van der Waals surface area contributed by atoms with Crippen molar-refractivity contribution in [1.29, 1.82) is 0 Å². The first-order valence-electron chi connectivity index (χ1n) is 14.1. The molecule has 0 aliphatic carbocycles. The van der Waals surface area contributed by atoms with Gasteiger partial charge in [0.2, 0.25) is 0 Å². The molecule has 0 bridgehead atoms. The van der Waals surface area contributed by atoms with Crippen molar-refractivity contribution in [3.05, 3.63) is 68.9 Å². The van der Waals surface area contributed by atoms with Crippen LogP contribution in [-0.2, 0) is 9.47 Å². The van der Waals surface area contributed by atoms with Crippen molar-refractivity contribution < 1.29 is 18.7 Å². The van der Waals surface area contributed by atoms with Gasteiger partial charge in [-0.05, 0) is 78.4 Å². The zero-order valence-electron chi connectivity index (χ0n) is 23.3. The number of fused-ring (bicyclic) bond motifs is 1. The van der Waals surface area contributed by atoms with Crippen LogP contribution in [0.15, 0.2) is 62.3 Å². The molecule has 41 heavy (non-hydrogen) atoms. The summed E-state index contributed by atoms with van der Waals surface area (Å²) < 4.78 is 19.6. The fourth-order valence-electron chi connectivity index (χ4n) is 5.84. The first-order valence-corrected chi connectivity index (χ1v) is 14.9. The summed E-state index contributed by atoms with van der Waals surface area (Å²) in [6.07, 6.45) is 6.01. The number of hydrogen-bond donors (Lipinski definition) is 0. The Morgan fingerprint density at radius 3 is 2.68 bits per heavy atom. The average Bonchev–Trinajstić information content (AvgIpc) is 3.74. The quantitative estimate of drug-likeness (QED) is 0.228. The lowest BCUT2D eigenvalue weighted by atomic mass is 10.1. The van der Waals surface area contributed by atoms with E-state index in [0.717, 1.165) is 59.4 Å². The third kappa shape index (κ3) is 5.38. The van der Waals surface area contributed by atoms with Gasteiger partial charge in [0.05, 0.1) is 30.6 Å². The van der Waals surface area contributed by atoms with Crippen molar-refractivity contribution in [2.45, 2.75) is 38.6 Å². The fraction of sp³-hybridized carbons (Fsp3) is 0.387. The number of benzene rings is 2. The number of hydrogen-bond acceptors (Lipinski definition) is 8. The molecule has 9 nitrogen and oxygen atoms in total. The number of rotatable bonds is 8. The lowest BCUT2D eigenvalue weighted by Gasteiger charge is -2.21. The molecule has 2 saturated heterocycles. The van der Waals surface area contributed by atoms with Crippen LogP contribution in [0.4, 0.5) is 11.7 Å². The van der Waals surface area contributed by atoms with Crippen LogP contribution in [0.2, 0.25) is 0 Å². The highest BCUT2D eigenvalue weighted by molar-refractivity contribution is 9.10. The number of carbonyl (C=O) groups is 1. The number of esters is 1. The number of halogens is 1. The predicted octanol–water partition coefficient (Wildman–Crippen LogP) is 5.80. The summed E-state index contributed by atoms with van der Waals surface area (Å²) in [4.78, 5) is 35.1. The zero-order valence-corrected chi connectivity index (χ0v) is 24.9. The van der Waals surface area contributed by atoms with Gasteiger partial charge >= 0.3 is 5.97 Å².